The second-order valence-electron chi connectivity index (χ2n) is 0. The van der Waals surface area contributed by atoms with Gasteiger partial charge in [-0.3, -0.25) is 0 Å². The van der Waals surface area contributed by atoms with Crippen LogP contribution >= 0.6 is 48.0 Å². The molecule has 0 aliphatic rings. The molecule has 0 aliphatic carbocycles. The fraction of sp³-hybridized carbons (Fsp3) is 0. The van der Waals surface area contributed by atoms with E-state index in [4.69, 9.17) is 0 Å². The van der Waals surface area contributed by atoms with Crippen LogP contribution in [0.5, 0.6) is 0 Å². The monoisotopic (exact) mass is 388 g/mol. The first-order valence-electron chi connectivity index (χ1n) is 0. The summed E-state index contributed by atoms with van der Waals surface area (Å²) in [6, 6.07) is 0. The van der Waals surface area contributed by atoms with Gasteiger partial charge in [-0.15, -0.1) is 48.0 Å². The third-order valence-corrected chi connectivity index (χ3v) is 0. The zero-order chi connectivity index (χ0) is 0. The predicted octanol–water partition coefficient (Wildman–Crippen LogP) is -0.596. The third kappa shape index (κ3) is 9.50. The molecule has 0 aromatic rings. The van der Waals surface area contributed by atoms with E-state index in [1.807, 2.05) is 0 Å². The Labute approximate surface area is 127 Å². The first-order valence-corrected chi connectivity index (χ1v) is 0. The van der Waals surface area contributed by atoms with Gasteiger partial charge < -0.3 is 0 Å². The van der Waals surface area contributed by atoms with E-state index >= 15 is 0 Å². The van der Waals surface area contributed by atoms with Crippen LogP contribution in [0.1, 0.15) is 0 Å². The zero-order valence-electron chi connectivity index (χ0n) is 0.816. The summed E-state index contributed by atoms with van der Waals surface area (Å²) in [5, 5.41) is 0. The Kier molecular flexibility index (Phi) is 94.5. The molecule has 0 nitrogen and oxygen atoms in total. The van der Waals surface area contributed by atoms with Gasteiger partial charge in [0.2, 0.25) is 0 Å². The van der Waals surface area contributed by atoms with Gasteiger partial charge >= 0.3 is 83.2 Å². The van der Waals surface area contributed by atoms with Crippen molar-refractivity contribution in [2.24, 2.45) is 0 Å². The van der Waals surface area contributed by atoms with Gasteiger partial charge in [0, 0.05) is 0 Å². The number of hydrogen-bond donors (Lipinski definition) is 0. The quantitative estimate of drug-likeness (QED) is 0.385. The standard InChI is InChI=1S/Ca.2HI.Sr.4H/h;2*1H;;;;;. The molecule has 0 bridgehead atoms. The summed E-state index contributed by atoms with van der Waals surface area (Å²) in [5.74, 6) is 0. The topological polar surface area (TPSA) is 0 Å². The summed E-state index contributed by atoms with van der Waals surface area (Å²) in [4.78, 5) is 0. The van der Waals surface area contributed by atoms with Crippen molar-refractivity contribution in [3.8, 4) is 0 Å². The molecule has 0 saturated heterocycles. The first kappa shape index (κ1) is 24.1. The molecule has 0 saturated carbocycles. The Balaban J connectivity index is 0. The van der Waals surface area contributed by atoms with Crippen molar-refractivity contribution in [2.45, 2.75) is 0 Å². The average molecular weight is 388 g/mol. The minimum absolute atomic E-state index is 0. The van der Waals surface area contributed by atoms with Crippen LogP contribution in [0, 0.1) is 0 Å². The molecule has 0 fully saturated rings. The second kappa shape index (κ2) is 15.7. The van der Waals surface area contributed by atoms with E-state index in [0.717, 1.165) is 0 Å². The van der Waals surface area contributed by atoms with Gasteiger partial charge in [0.1, 0.15) is 0 Å². The summed E-state index contributed by atoms with van der Waals surface area (Å²) < 4.78 is 0. The summed E-state index contributed by atoms with van der Waals surface area (Å²) in [6.45, 7) is 0. The molecule has 0 aliphatic heterocycles. The normalized spacial score (nSPS) is 0. The molecule has 0 unspecified atom stereocenters. The number of rotatable bonds is 0. The first-order chi connectivity index (χ1) is 0. The molecule has 0 rings (SSSR count). The molecule has 4 heteroatoms. The van der Waals surface area contributed by atoms with Crippen LogP contribution in [0.3, 0.4) is 0 Å². The van der Waals surface area contributed by atoms with Crippen LogP contribution in [0.15, 0.2) is 0 Å². The van der Waals surface area contributed by atoms with Crippen LogP contribution in [-0.2, 0) is 0 Å². The van der Waals surface area contributed by atoms with Crippen LogP contribution in [-0.4, -0.2) is 83.2 Å². The van der Waals surface area contributed by atoms with E-state index in [2.05, 4.69) is 0 Å². The number of hydrogen-bond acceptors (Lipinski definition) is 0. The fourth-order valence-corrected chi connectivity index (χ4v) is 0. The Morgan fingerprint density at radius 2 is 0.750 bits per heavy atom. The van der Waals surface area contributed by atoms with Crippen molar-refractivity contribution in [1.82, 2.24) is 0 Å². The van der Waals surface area contributed by atoms with Crippen molar-refractivity contribution in [2.75, 3.05) is 0 Å². The van der Waals surface area contributed by atoms with Crippen molar-refractivity contribution in [3.05, 3.63) is 0 Å². The van der Waals surface area contributed by atoms with Crippen LogP contribution in [0.4, 0.5) is 0 Å². The molecule has 0 radical (unpaired) electrons. The fourth-order valence-electron chi connectivity index (χ4n) is 0. The molecule has 0 heterocycles. The van der Waals surface area contributed by atoms with E-state index in [1.54, 1.807) is 0 Å². The third-order valence-electron chi connectivity index (χ3n) is 0. The van der Waals surface area contributed by atoms with Gasteiger partial charge in [-0.2, -0.15) is 0 Å². The van der Waals surface area contributed by atoms with Gasteiger partial charge in [-0.05, 0) is 0 Å². The van der Waals surface area contributed by atoms with Crippen molar-refractivity contribution < 1.29 is 0 Å². The van der Waals surface area contributed by atoms with Gasteiger partial charge in [-0.25, -0.2) is 0 Å². The zero-order valence-corrected chi connectivity index (χ0v) is 5.48. The minimum atomic E-state index is 0. The van der Waals surface area contributed by atoms with Gasteiger partial charge in [0.05, 0.1) is 0 Å². The van der Waals surface area contributed by atoms with E-state index in [9.17, 15) is 0 Å². The Morgan fingerprint density at radius 3 is 0.750 bits per heavy atom. The van der Waals surface area contributed by atoms with Gasteiger partial charge in [-0.1, -0.05) is 0 Å². The van der Waals surface area contributed by atoms with E-state index in [1.165, 1.54) is 0 Å². The predicted molar refractivity (Wildman–Crippen MR) is 47.9 cm³/mol. The van der Waals surface area contributed by atoms with Gasteiger partial charge in [0.15, 0.2) is 0 Å². The van der Waals surface area contributed by atoms with Crippen LogP contribution in [0.25, 0.3) is 0 Å². The van der Waals surface area contributed by atoms with E-state index in [-0.39, 0.29) is 131 Å². The SMILES string of the molecule is I.I.[CaH2].[SrH2]. The molecular formula is H6CaI2Sr. The van der Waals surface area contributed by atoms with Gasteiger partial charge in [0.25, 0.3) is 0 Å². The van der Waals surface area contributed by atoms with E-state index in [0.29, 0.717) is 0 Å². The summed E-state index contributed by atoms with van der Waals surface area (Å²) in [6.07, 6.45) is 0. The second-order valence-corrected chi connectivity index (χ2v) is 0. The van der Waals surface area contributed by atoms with Crippen LogP contribution in [0.2, 0.25) is 0 Å². The molecule has 0 aromatic carbocycles. The molecule has 4 heavy (non-hydrogen) atoms. The molecule has 0 amide bonds. The van der Waals surface area contributed by atoms with Crippen molar-refractivity contribution in [1.29, 1.82) is 0 Å². The molecule has 24 valence electrons. The maximum atomic E-state index is 0. The Bertz CT molecular complexity index is 6.00. The Morgan fingerprint density at radius 1 is 0.750 bits per heavy atom. The summed E-state index contributed by atoms with van der Waals surface area (Å²) in [7, 11) is 0. The Hall–Kier alpha value is 4.20. The molecule has 0 aromatic heterocycles. The van der Waals surface area contributed by atoms with Crippen LogP contribution < -0.4 is 0 Å². The maximum absolute atomic E-state index is 0. The average Bonchev–Trinajstić information content (AvgIpc) is 0. The van der Waals surface area contributed by atoms with E-state index < -0.39 is 0 Å². The summed E-state index contributed by atoms with van der Waals surface area (Å²) in [5.41, 5.74) is 0. The van der Waals surface area contributed by atoms with Crippen molar-refractivity contribution in [3.63, 3.8) is 0 Å². The molecule has 0 spiro atoms. The molecular weight excluding hydrogens is 382 g/mol. The summed E-state index contributed by atoms with van der Waals surface area (Å²) >= 11 is 0. The van der Waals surface area contributed by atoms with Crippen molar-refractivity contribution >= 4 is 131 Å². The number of halogens is 2. The molecule has 0 atom stereocenters. The molecule has 0 N–H and O–H groups in total.